The molecule has 1 nitrogen and oxygen atoms in total. The lowest BCUT2D eigenvalue weighted by molar-refractivity contribution is 0.223. The number of rotatable bonds is 2. The Balaban J connectivity index is 2.05. The molecule has 1 unspecified atom stereocenters. The van der Waals surface area contributed by atoms with Crippen molar-refractivity contribution in [3.63, 3.8) is 0 Å². The molecular weight excluding hydrogens is 221 g/mol. The van der Waals surface area contributed by atoms with Crippen LogP contribution in [0.15, 0.2) is 18.2 Å². The van der Waals surface area contributed by atoms with Gasteiger partial charge in [-0.1, -0.05) is 12.1 Å². The van der Waals surface area contributed by atoms with Crippen molar-refractivity contribution in [3.05, 3.63) is 35.1 Å². The first-order chi connectivity index (χ1) is 7.66. The Hall–Kier alpha value is -0.540. The van der Waals surface area contributed by atoms with E-state index in [4.69, 9.17) is 0 Å². The summed E-state index contributed by atoms with van der Waals surface area (Å²) in [5, 5.41) is 0. The quantitative estimate of drug-likeness (QED) is 0.780. The fourth-order valence-electron chi connectivity index (χ4n) is 1.97. The summed E-state index contributed by atoms with van der Waals surface area (Å²) in [7, 11) is 0. The molecule has 1 fully saturated rings. The van der Waals surface area contributed by atoms with E-state index in [0.29, 0.717) is 6.04 Å². The second-order valence-corrected chi connectivity index (χ2v) is 5.63. The third-order valence-electron chi connectivity index (χ3n) is 3.13. The van der Waals surface area contributed by atoms with Crippen molar-refractivity contribution in [2.75, 3.05) is 18.1 Å². The molecule has 1 aromatic carbocycles. The van der Waals surface area contributed by atoms with E-state index in [0.717, 1.165) is 24.2 Å². The molecule has 0 bridgehead atoms. The van der Waals surface area contributed by atoms with Gasteiger partial charge in [-0.2, -0.15) is 11.8 Å². The molecule has 0 N–H and O–H groups in total. The molecule has 0 aromatic heterocycles. The number of hydrogen-bond acceptors (Lipinski definition) is 2. The van der Waals surface area contributed by atoms with Gasteiger partial charge in [0, 0.05) is 30.6 Å². The normalized spacial score (nSPS) is 22.3. The van der Waals surface area contributed by atoms with Crippen LogP contribution in [0.1, 0.15) is 18.1 Å². The molecule has 1 saturated heterocycles. The number of thioether (sulfide) groups is 1. The van der Waals surface area contributed by atoms with Crippen molar-refractivity contribution in [3.8, 4) is 0 Å². The topological polar surface area (TPSA) is 3.24 Å². The summed E-state index contributed by atoms with van der Waals surface area (Å²) in [6, 6.07) is 6.17. The first-order valence-electron chi connectivity index (χ1n) is 5.73. The van der Waals surface area contributed by atoms with Gasteiger partial charge in [0.25, 0.3) is 0 Å². The van der Waals surface area contributed by atoms with Crippen molar-refractivity contribution >= 4 is 11.8 Å². The van der Waals surface area contributed by atoms with Gasteiger partial charge in [-0.15, -0.1) is 0 Å². The van der Waals surface area contributed by atoms with E-state index in [-0.39, 0.29) is 5.82 Å². The number of aryl methyl sites for hydroxylation is 1. The van der Waals surface area contributed by atoms with Crippen LogP contribution in [0.5, 0.6) is 0 Å². The Morgan fingerprint density at radius 1 is 1.50 bits per heavy atom. The predicted molar refractivity (Wildman–Crippen MR) is 68.3 cm³/mol. The predicted octanol–water partition coefficient (Wildman–Crippen LogP) is 3.07. The van der Waals surface area contributed by atoms with Crippen LogP contribution in [0.3, 0.4) is 0 Å². The highest BCUT2D eigenvalue weighted by molar-refractivity contribution is 7.99. The lowest BCUT2D eigenvalue weighted by Gasteiger charge is -2.33. The maximum absolute atomic E-state index is 13.4. The minimum Gasteiger partial charge on any atom is -0.295 e. The van der Waals surface area contributed by atoms with Gasteiger partial charge < -0.3 is 0 Å². The van der Waals surface area contributed by atoms with E-state index in [2.05, 4.69) is 11.8 Å². The van der Waals surface area contributed by atoms with Crippen molar-refractivity contribution in [1.82, 2.24) is 4.90 Å². The Labute approximate surface area is 101 Å². The molecule has 1 heterocycles. The summed E-state index contributed by atoms with van der Waals surface area (Å²) in [6.45, 7) is 6.04. The fraction of sp³-hybridized carbons (Fsp3) is 0.538. The van der Waals surface area contributed by atoms with Crippen molar-refractivity contribution in [1.29, 1.82) is 0 Å². The van der Waals surface area contributed by atoms with Crippen LogP contribution in [0.2, 0.25) is 0 Å². The van der Waals surface area contributed by atoms with Gasteiger partial charge >= 0.3 is 0 Å². The number of benzene rings is 1. The van der Waals surface area contributed by atoms with Crippen LogP contribution >= 0.6 is 11.8 Å². The number of hydrogen-bond donors (Lipinski definition) is 0. The van der Waals surface area contributed by atoms with Gasteiger partial charge in [-0.05, 0) is 31.0 Å². The zero-order valence-electron chi connectivity index (χ0n) is 9.87. The van der Waals surface area contributed by atoms with Crippen molar-refractivity contribution < 1.29 is 4.39 Å². The number of halogens is 1. The summed E-state index contributed by atoms with van der Waals surface area (Å²) < 4.78 is 13.4. The largest absolute Gasteiger partial charge is 0.295 e. The van der Waals surface area contributed by atoms with E-state index in [1.807, 2.05) is 23.9 Å². The van der Waals surface area contributed by atoms with Crippen LogP contribution in [0.4, 0.5) is 4.39 Å². The molecule has 2 rings (SSSR count). The Morgan fingerprint density at radius 2 is 2.31 bits per heavy atom. The van der Waals surface area contributed by atoms with Gasteiger partial charge in [0.1, 0.15) is 5.82 Å². The van der Waals surface area contributed by atoms with Gasteiger partial charge in [0.05, 0.1) is 0 Å². The van der Waals surface area contributed by atoms with Gasteiger partial charge in [-0.3, -0.25) is 4.90 Å². The van der Waals surface area contributed by atoms with Gasteiger partial charge in [0.15, 0.2) is 0 Å². The highest BCUT2D eigenvalue weighted by Gasteiger charge is 2.18. The summed E-state index contributed by atoms with van der Waals surface area (Å²) in [5.74, 6) is 2.30. The molecule has 0 amide bonds. The Morgan fingerprint density at radius 3 is 3.00 bits per heavy atom. The third-order valence-corrected chi connectivity index (χ3v) is 4.32. The maximum Gasteiger partial charge on any atom is 0.126 e. The molecule has 88 valence electrons. The minimum absolute atomic E-state index is 0.0865. The lowest BCUT2D eigenvalue weighted by Crippen LogP contribution is -2.39. The summed E-state index contributed by atoms with van der Waals surface area (Å²) in [5.41, 5.74) is 1.81. The molecule has 1 aromatic rings. The molecule has 0 spiro atoms. The number of nitrogens with zero attached hydrogens (tertiary/aromatic N) is 1. The molecule has 1 atom stereocenters. The van der Waals surface area contributed by atoms with E-state index in [1.54, 1.807) is 13.0 Å². The van der Waals surface area contributed by atoms with Crippen LogP contribution in [0.25, 0.3) is 0 Å². The van der Waals surface area contributed by atoms with Crippen molar-refractivity contribution in [2.24, 2.45) is 0 Å². The summed E-state index contributed by atoms with van der Waals surface area (Å²) in [6.07, 6.45) is 0. The van der Waals surface area contributed by atoms with Crippen LogP contribution in [-0.4, -0.2) is 29.0 Å². The summed E-state index contributed by atoms with van der Waals surface area (Å²) >= 11 is 2.01. The average molecular weight is 239 g/mol. The summed E-state index contributed by atoms with van der Waals surface area (Å²) in [4.78, 5) is 2.43. The average Bonchev–Trinajstić information content (AvgIpc) is 2.27. The zero-order valence-corrected chi connectivity index (χ0v) is 10.7. The van der Waals surface area contributed by atoms with Gasteiger partial charge in [-0.25, -0.2) is 4.39 Å². The van der Waals surface area contributed by atoms with Crippen LogP contribution in [0, 0.1) is 12.7 Å². The second-order valence-electron chi connectivity index (χ2n) is 4.48. The first kappa shape index (κ1) is 11.9. The molecule has 16 heavy (non-hydrogen) atoms. The molecule has 1 aliphatic heterocycles. The highest BCUT2D eigenvalue weighted by atomic mass is 32.2. The Bertz CT molecular complexity index is 367. The lowest BCUT2D eigenvalue weighted by atomic mass is 10.1. The smallest absolute Gasteiger partial charge is 0.126 e. The molecular formula is C13H18FNS. The first-order valence-corrected chi connectivity index (χ1v) is 6.89. The van der Waals surface area contributed by atoms with E-state index < -0.39 is 0 Å². The maximum atomic E-state index is 13.4. The molecule has 0 saturated carbocycles. The van der Waals surface area contributed by atoms with Gasteiger partial charge in [0.2, 0.25) is 0 Å². The molecule has 0 aliphatic carbocycles. The fourth-order valence-corrected chi connectivity index (χ4v) is 3.05. The van der Waals surface area contributed by atoms with Crippen LogP contribution in [-0.2, 0) is 6.54 Å². The standard InChI is InChI=1S/C13H18FNS/c1-10-3-4-12(7-13(10)14)8-15-5-6-16-9-11(15)2/h3-4,7,11H,5-6,8-9H2,1-2H3. The minimum atomic E-state index is -0.0865. The van der Waals surface area contributed by atoms with Crippen molar-refractivity contribution in [2.45, 2.75) is 26.4 Å². The Kier molecular flexibility index (Phi) is 3.87. The molecule has 1 aliphatic rings. The zero-order chi connectivity index (χ0) is 11.5. The monoisotopic (exact) mass is 239 g/mol. The molecule has 3 heteroatoms. The highest BCUT2D eigenvalue weighted by Crippen LogP contribution is 2.19. The second kappa shape index (κ2) is 5.19. The van der Waals surface area contributed by atoms with E-state index >= 15 is 0 Å². The molecule has 0 radical (unpaired) electrons. The van der Waals surface area contributed by atoms with E-state index in [9.17, 15) is 4.39 Å². The SMILES string of the molecule is Cc1ccc(CN2CCSCC2C)cc1F. The van der Waals surface area contributed by atoms with Crippen LogP contribution < -0.4 is 0 Å². The third kappa shape index (κ3) is 2.77. The van der Waals surface area contributed by atoms with E-state index in [1.165, 1.54) is 11.5 Å².